The summed E-state index contributed by atoms with van der Waals surface area (Å²) in [5.41, 5.74) is 1.14. The molecule has 0 unspecified atom stereocenters. The molecule has 2 aromatic carbocycles. The Morgan fingerprint density at radius 3 is 2.55 bits per heavy atom. The third-order valence-electron chi connectivity index (χ3n) is 3.52. The number of benzene rings is 2. The average molecular weight is 361 g/mol. The molecule has 1 atom stereocenters. The van der Waals surface area contributed by atoms with E-state index in [2.05, 4.69) is 15.9 Å². The predicted octanol–water partition coefficient (Wildman–Crippen LogP) is 2.82. The molecule has 0 aliphatic carbocycles. The van der Waals surface area contributed by atoms with E-state index in [0.29, 0.717) is 16.2 Å². The maximum absolute atomic E-state index is 12.6. The maximum atomic E-state index is 12.6. The molecule has 22 heavy (non-hydrogen) atoms. The van der Waals surface area contributed by atoms with Gasteiger partial charge in [0.25, 0.3) is 11.8 Å². The molecule has 0 aromatic heterocycles. The van der Waals surface area contributed by atoms with Crippen molar-refractivity contribution >= 4 is 27.7 Å². The molecule has 112 valence electrons. The zero-order chi connectivity index (χ0) is 15.7. The molecule has 1 heterocycles. The second-order valence-electron chi connectivity index (χ2n) is 4.97. The average Bonchev–Trinajstić information content (AvgIpc) is 2.83. The van der Waals surface area contributed by atoms with Gasteiger partial charge in [0.15, 0.2) is 6.17 Å². The van der Waals surface area contributed by atoms with Crippen molar-refractivity contribution in [1.82, 2.24) is 9.96 Å². The Hall–Kier alpha value is -2.18. The minimum atomic E-state index is -0.822. The van der Waals surface area contributed by atoms with E-state index in [1.54, 1.807) is 42.5 Å². The summed E-state index contributed by atoms with van der Waals surface area (Å²) < 4.78 is 0.810. The van der Waals surface area contributed by atoms with Crippen LogP contribution in [0.25, 0.3) is 0 Å². The number of carbonyl (C=O) groups excluding carboxylic acids is 2. The van der Waals surface area contributed by atoms with E-state index in [1.807, 2.05) is 12.1 Å². The summed E-state index contributed by atoms with van der Waals surface area (Å²) in [4.78, 5) is 25.9. The molecule has 5 nitrogen and oxygen atoms in total. The molecule has 0 saturated carbocycles. The van der Waals surface area contributed by atoms with Crippen molar-refractivity contribution in [3.05, 3.63) is 70.2 Å². The Labute approximate surface area is 135 Å². The first-order chi connectivity index (χ1) is 10.6. The van der Waals surface area contributed by atoms with Crippen molar-refractivity contribution in [2.75, 3.05) is 6.54 Å². The number of rotatable bonds is 2. The number of amides is 2. The van der Waals surface area contributed by atoms with Crippen LogP contribution < -0.4 is 0 Å². The van der Waals surface area contributed by atoms with Gasteiger partial charge in [0, 0.05) is 10.0 Å². The Bertz CT molecular complexity index is 720. The molecule has 0 radical (unpaired) electrons. The molecule has 1 aliphatic heterocycles. The summed E-state index contributed by atoms with van der Waals surface area (Å²) >= 11 is 3.36. The highest BCUT2D eigenvalue weighted by Crippen LogP contribution is 2.31. The van der Waals surface area contributed by atoms with Crippen LogP contribution in [0.15, 0.2) is 59.1 Å². The van der Waals surface area contributed by atoms with Gasteiger partial charge in [-0.2, -0.15) is 5.06 Å². The lowest BCUT2D eigenvalue weighted by atomic mass is 10.1. The molecular weight excluding hydrogens is 348 g/mol. The first-order valence-electron chi connectivity index (χ1n) is 6.70. The van der Waals surface area contributed by atoms with E-state index < -0.39 is 12.1 Å². The lowest BCUT2D eigenvalue weighted by molar-refractivity contribution is -0.168. The lowest BCUT2D eigenvalue weighted by Crippen LogP contribution is -2.34. The summed E-state index contributed by atoms with van der Waals surface area (Å²) in [5, 5.41) is 10.7. The molecule has 3 rings (SSSR count). The van der Waals surface area contributed by atoms with Crippen molar-refractivity contribution in [1.29, 1.82) is 0 Å². The molecule has 2 aromatic rings. The van der Waals surface area contributed by atoms with Crippen LogP contribution in [-0.2, 0) is 4.79 Å². The van der Waals surface area contributed by atoms with Gasteiger partial charge < -0.3 is 4.90 Å². The number of carbonyl (C=O) groups is 2. The minimum absolute atomic E-state index is 0.151. The molecule has 6 heteroatoms. The van der Waals surface area contributed by atoms with Gasteiger partial charge in [-0.25, -0.2) is 0 Å². The lowest BCUT2D eigenvalue weighted by Gasteiger charge is -2.26. The van der Waals surface area contributed by atoms with Crippen LogP contribution in [0, 0.1) is 0 Å². The molecular formula is C16H13BrN2O3. The molecule has 0 spiro atoms. The van der Waals surface area contributed by atoms with Gasteiger partial charge in [0.05, 0.1) is 0 Å². The summed E-state index contributed by atoms with van der Waals surface area (Å²) in [6.45, 7) is -0.151. The largest absolute Gasteiger partial charge is 0.302 e. The van der Waals surface area contributed by atoms with Crippen molar-refractivity contribution in [2.24, 2.45) is 0 Å². The standard InChI is InChI=1S/C16H13BrN2O3/c17-13-8-4-7-12(9-13)15-18(10-14(20)19(15)22)16(21)11-5-2-1-3-6-11/h1-9,15,22H,10H2/t15-/m1/s1. The van der Waals surface area contributed by atoms with Gasteiger partial charge in [0.2, 0.25) is 0 Å². The van der Waals surface area contributed by atoms with E-state index in [-0.39, 0.29) is 12.5 Å². The molecule has 1 N–H and O–H groups in total. The minimum Gasteiger partial charge on any atom is -0.302 e. The first kappa shape index (κ1) is 14.7. The zero-order valence-electron chi connectivity index (χ0n) is 11.5. The number of halogens is 1. The predicted molar refractivity (Wildman–Crippen MR) is 83.0 cm³/mol. The van der Waals surface area contributed by atoms with Gasteiger partial charge in [0.1, 0.15) is 6.54 Å². The Balaban J connectivity index is 1.99. The molecule has 2 amide bonds. The van der Waals surface area contributed by atoms with E-state index in [1.165, 1.54) is 4.90 Å². The van der Waals surface area contributed by atoms with E-state index in [9.17, 15) is 14.8 Å². The summed E-state index contributed by atoms with van der Waals surface area (Å²) in [7, 11) is 0. The fourth-order valence-electron chi connectivity index (χ4n) is 2.49. The van der Waals surface area contributed by atoms with Crippen LogP contribution in [0.1, 0.15) is 22.1 Å². The van der Waals surface area contributed by atoms with Gasteiger partial charge in [-0.1, -0.05) is 46.3 Å². The molecule has 1 saturated heterocycles. The highest BCUT2D eigenvalue weighted by molar-refractivity contribution is 9.10. The van der Waals surface area contributed by atoms with E-state index in [4.69, 9.17) is 0 Å². The SMILES string of the molecule is O=C1CN(C(=O)c2ccccc2)[C@@H](c2cccc(Br)c2)N1O. The smallest absolute Gasteiger partial charge is 0.267 e. The normalized spacial score (nSPS) is 17.9. The van der Waals surface area contributed by atoms with Crippen LogP contribution in [0.4, 0.5) is 0 Å². The van der Waals surface area contributed by atoms with Crippen LogP contribution in [-0.4, -0.2) is 33.5 Å². The van der Waals surface area contributed by atoms with Gasteiger partial charge >= 0.3 is 0 Å². The van der Waals surface area contributed by atoms with Crippen molar-refractivity contribution < 1.29 is 14.8 Å². The van der Waals surface area contributed by atoms with Crippen LogP contribution >= 0.6 is 15.9 Å². The number of hydroxylamine groups is 2. The summed E-state index contributed by atoms with van der Waals surface area (Å²) in [6, 6.07) is 15.9. The molecule has 1 fully saturated rings. The van der Waals surface area contributed by atoms with Gasteiger partial charge in [-0.05, 0) is 29.8 Å². The highest BCUT2D eigenvalue weighted by Gasteiger charge is 2.41. The number of hydrogen-bond acceptors (Lipinski definition) is 3. The summed E-state index contributed by atoms with van der Waals surface area (Å²) in [6.07, 6.45) is -0.822. The maximum Gasteiger partial charge on any atom is 0.267 e. The fourth-order valence-corrected chi connectivity index (χ4v) is 2.91. The van der Waals surface area contributed by atoms with E-state index in [0.717, 1.165) is 4.47 Å². The quantitative estimate of drug-likeness (QED) is 0.837. The van der Waals surface area contributed by atoms with Crippen LogP contribution in [0.2, 0.25) is 0 Å². The van der Waals surface area contributed by atoms with Gasteiger partial charge in [-0.15, -0.1) is 0 Å². The van der Waals surface area contributed by atoms with E-state index >= 15 is 0 Å². The zero-order valence-corrected chi connectivity index (χ0v) is 13.1. The summed E-state index contributed by atoms with van der Waals surface area (Å²) in [5.74, 6) is -0.801. The topological polar surface area (TPSA) is 60.9 Å². The first-order valence-corrected chi connectivity index (χ1v) is 7.49. The molecule has 1 aliphatic rings. The second kappa shape index (κ2) is 5.90. The van der Waals surface area contributed by atoms with Crippen LogP contribution in [0.5, 0.6) is 0 Å². The Kier molecular flexibility index (Phi) is 3.96. The third-order valence-corrected chi connectivity index (χ3v) is 4.01. The van der Waals surface area contributed by atoms with Crippen molar-refractivity contribution in [2.45, 2.75) is 6.17 Å². The highest BCUT2D eigenvalue weighted by atomic mass is 79.9. The Morgan fingerprint density at radius 2 is 1.86 bits per heavy atom. The van der Waals surface area contributed by atoms with Crippen molar-refractivity contribution in [3.8, 4) is 0 Å². The fraction of sp³-hybridized carbons (Fsp3) is 0.125. The second-order valence-corrected chi connectivity index (χ2v) is 5.88. The van der Waals surface area contributed by atoms with Gasteiger partial charge in [-0.3, -0.25) is 14.8 Å². The van der Waals surface area contributed by atoms with Crippen LogP contribution in [0.3, 0.4) is 0 Å². The molecule has 0 bridgehead atoms. The van der Waals surface area contributed by atoms with Crippen molar-refractivity contribution in [3.63, 3.8) is 0 Å². The number of hydrogen-bond donors (Lipinski definition) is 1. The monoisotopic (exact) mass is 360 g/mol. The number of nitrogens with zero attached hydrogens (tertiary/aromatic N) is 2. The Morgan fingerprint density at radius 1 is 1.14 bits per heavy atom. The third kappa shape index (κ3) is 2.63.